The van der Waals surface area contributed by atoms with Gasteiger partial charge in [-0.05, 0) is 38.1 Å². The first kappa shape index (κ1) is 15.0. The fourth-order valence-corrected chi connectivity index (χ4v) is 2.15. The van der Waals surface area contributed by atoms with Crippen LogP contribution in [-0.4, -0.2) is 5.91 Å². The van der Waals surface area contributed by atoms with Crippen molar-refractivity contribution in [2.45, 2.75) is 19.4 Å². The third-order valence-corrected chi connectivity index (χ3v) is 3.40. The van der Waals surface area contributed by atoms with Crippen LogP contribution in [0.4, 0.5) is 14.5 Å². The van der Waals surface area contributed by atoms with E-state index >= 15 is 0 Å². The molecule has 0 spiro atoms. The van der Waals surface area contributed by atoms with Gasteiger partial charge in [-0.1, -0.05) is 23.8 Å². The summed E-state index contributed by atoms with van der Waals surface area (Å²) >= 11 is 0. The maximum Gasteiger partial charge on any atom is 0.247 e. The third kappa shape index (κ3) is 2.86. The Morgan fingerprint density at radius 3 is 2.10 bits per heavy atom. The zero-order valence-corrected chi connectivity index (χ0v) is 11.8. The second-order valence-corrected chi connectivity index (χ2v) is 5.08. The van der Waals surface area contributed by atoms with E-state index in [9.17, 15) is 13.6 Å². The molecule has 1 unspecified atom stereocenters. The number of anilines is 1. The molecular weight excluding hydrogens is 274 g/mol. The Hall–Kier alpha value is -2.43. The van der Waals surface area contributed by atoms with Crippen LogP contribution in [0.2, 0.25) is 0 Å². The Labute approximate surface area is 121 Å². The van der Waals surface area contributed by atoms with E-state index in [0.717, 1.165) is 17.7 Å². The van der Waals surface area contributed by atoms with Crippen molar-refractivity contribution in [3.63, 3.8) is 0 Å². The number of nitrogens with one attached hydrogen (secondary N) is 1. The summed E-state index contributed by atoms with van der Waals surface area (Å²) < 4.78 is 28.0. The van der Waals surface area contributed by atoms with Crippen LogP contribution in [0.3, 0.4) is 0 Å². The molecule has 0 aliphatic heterocycles. The molecule has 21 heavy (non-hydrogen) atoms. The smallest absolute Gasteiger partial charge is 0.247 e. The zero-order chi connectivity index (χ0) is 15.6. The van der Waals surface area contributed by atoms with Gasteiger partial charge in [0.25, 0.3) is 0 Å². The molecule has 2 aromatic carbocycles. The van der Waals surface area contributed by atoms with Crippen LogP contribution in [-0.2, 0) is 10.3 Å². The van der Waals surface area contributed by atoms with Gasteiger partial charge in [0.2, 0.25) is 5.91 Å². The van der Waals surface area contributed by atoms with Gasteiger partial charge in [0.15, 0.2) is 0 Å². The first-order valence-electron chi connectivity index (χ1n) is 6.44. The van der Waals surface area contributed by atoms with Crippen LogP contribution in [0.1, 0.15) is 18.1 Å². The van der Waals surface area contributed by atoms with Gasteiger partial charge < -0.3 is 11.1 Å². The highest BCUT2D eigenvalue weighted by Gasteiger charge is 2.38. The van der Waals surface area contributed by atoms with E-state index in [1.54, 1.807) is 12.1 Å². The molecule has 0 radical (unpaired) electrons. The van der Waals surface area contributed by atoms with E-state index in [0.29, 0.717) is 5.69 Å². The average molecular weight is 290 g/mol. The maximum absolute atomic E-state index is 14.0. The van der Waals surface area contributed by atoms with Crippen LogP contribution in [0.25, 0.3) is 0 Å². The van der Waals surface area contributed by atoms with E-state index in [2.05, 4.69) is 5.32 Å². The largest absolute Gasteiger partial charge is 0.368 e. The normalized spacial score (nSPS) is 13.5. The molecule has 3 nitrogen and oxygen atoms in total. The number of halogens is 2. The van der Waals surface area contributed by atoms with Crippen LogP contribution < -0.4 is 11.1 Å². The summed E-state index contributed by atoms with van der Waals surface area (Å²) in [4.78, 5) is 11.8. The SMILES string of the molecule is Cc1ccc(NC(C)(C(N)=O)c2c(F)cccc2F)cc1. The predicted octanol–water partition coefficient (Wildman–Crippen LogP) is 3.09. The van der Waals surface area contributed by atoms with Crippen molar-refractivity contribution in [3.8, 4) is 0 Å². The number of primary amides is 1. The van der Waals surface area contributed by atoms with Gasteiger partial charge in [-0.25, -0.2) is 8.78 Å². The molecule has 1 amide bonds. The Bertz CT molecular complexity index is 650. The lowest BCUT2D eigenvalue weighted by Gasteiger charge is -2.29. The first-order chi connectivity index (χ1) is 9.84. The van der Waals surface area contributed by atoms with Crippen LogP contribution in [0.15, 0.2) is 42.5 Å². The molecule has 0 aliphatic rings. The van der Waals surface area contributed by atoms with Crippen molar-refractivity contribution in [2.24, 2.45) is 5.73 Å². The Kier molecular flexibility index (Phi) is 3.93. The number of aryl methyl sites for hydroxylation is 1. The van der Waals surface area contributed by atoms with Gasteiger partial charge in [-0.15, -0.1) is 0 Å². The molecule has 1 atom stereocenters. The lowest BCUT2D eigenvalue weighted by molar-refractivity contribution is -0.122. The second kappa shape index (κ2) is 5.52. The highest BCUT2D eigenvalue weighted by Crippen LogP contribution is 2.30. The number of benzene rings is 2. The van der Waals surface area contributed by atoms with Crippen molar-refractivity contribution in [2.75, 3.05) is 5.32 Å². The van der Waals surface area contributed by atoms with Gasteiger partial charge in [0, 0.05) is 5.69 Å². The third-order valence-electron chi connectivity index (χ3n) is 3.40. The molecule has 5 heteroatoms. The number of rotatable bonds is 4. The summed E-state index contributed by atoms with van der Waals surface area (Å²) in [5.74, 6) is -2.51. The summed E-state index contributed by atoms with van der Waals surface area (Å²) in [5.41, 5.74) is 4.88. The molecule has 110 valence electrons. The lowest BCUT2D eigenvalue weighted by atomic mass is 9.89. The highest BCUT2D eigenvalue weighted by molar-refractivity contribution is 5.89. The summed E-state index contributed by atoms with van der Waals surface area (Å²) in [6.07, 6.45) is 0. The fourth-order valence-electron chi connectivity index (χ4n) is 2.15. The quantitative estimate of drug-likeness (QED) is 0.909. The van der Waals surface area contributed by atoms with E-state index in [4.69, 9.17) is 5.73 Å². The average Bonchev–Trinajstić information content (AvgIpc) is 2.41. The lowest BCUT2D eigenvalue weighted by Crippen LogP contribution is -2.46. The molecule has 0 fully saturated rings. The van der Waals surface area contributed by atoms with Crippen molar-refractivity contribution in [1.29, 1.82) is 0 Å². The number of hydrogen-bond acceptors (Lipinski definition) is 2. The number of carbonyl (C=O) groups is 1. The molecular formula is C16H16F2N2O. The molecule has 0 aliphatic carbocycles. The summed E-state index contributed by atoms with van der Waals surface area (Å²) in [7, 11) is 0. The van der Waals surface area contributed by atoms with Crippen LogP contribution in [0.5, 0.6) is 0 Å². The second-order valence-electron chi connectivity index (χ2n) is 5.08. The number of nitrogens with two attached hydrogens (primary N) is 1. The zero-order valence-electron chi connectivity index (χ0n) is 11.8. The Morgan fingerprint density at radius 1 is 1.10 bits per heavy atom. The molecule has 0 bridgehead atoms. The van der Waals surface area contributed by atoms with Crippen molar-refractivity contribution >= 4 is 11.6 Å². The molecule has 0 heterocycles. The van der Waals surface area contributed by atoms with Crippen molar-refractivity contribution in [3.05, 3.63) is 65.2 Å². The van der Waals surface area contributed by atoms with E-state index in [1.165, 1.54) is 13.0 Å². The molecule has 0 saturated heterocycles. The standard InChI is InChI=1S/C16H16F2N2O/c1-10-6-8-11(9-7-10)20-16(2,15(19)21)14-12(17)4-3-5-13(14)18/h3-9,20H,1-2H3,(H2,19,21). The first-order valence-corrected chi connectivity index (χ1v) is 6.44. The summed E-state index contributed by atoms with van der Waals surface area (Å²) in [6, 6.07) is 10.5. The number of carbonyl (C=O) groups excluding carboxylic acids is 1. The molecule has 2 aromatic rings. The number of amides is 1. The number of hydrogen-bond donors (Lipinski definition) is 2. The van der Waals surface area contributed by atoms with Crippen molar-refractivity contribution < 1.29 is 13.6 Å². The molecule has 0 saturated carbocycles. The monoisotopic (exact) mass is 290 g/mol. The van der Waals surface area contributed by atoms with E-state index in [-0.39, 0.29) is 0 Å². The van der Waals surface area contributed by atoms with E-state index < -0.39 is 28.6 Å². The summed E-state index contributed by atoms with van der Waals surface area (Å²) in [6.45, 7) is 3.27. The van der Waals surface area contributed by atoms with Crippen LogP contribution in [0, 0.1) is 18.6 Å². The summed E-state index contributed by atoms with van der Waals surface area (Å²) in [5, 5.41) is 2.83. The van der Waals surface area contributed by atoms with Gasteiger partial charge >= 0.3 is 0 Å². The minimum atomic E-state index is -1.69. The maximum atomic E-state index is 14.0. The Morgan fingerprint density at radius 2 is 1.62 bits per heavy atom. The van der Waals surface area contributed by atoms with Gasteiger partial charge in [-0.2, -0.15) is 0 Å². The highest BCUT2D eigenvalue weighted by atomic mass is 19.1. The molecule has 2 rings (SSSR count). The fraction of sp³-hybridized carbons (Fsp3) is 0.188. The Balaban J connectivity index is 2.51. The van der Waals surface area contributed by atoms with Gasteiger partial charge in [-0.3, -0.25) is 4.79 Å². The van der Waals surface area contributed by atoms with Crippen molar-refractivity contribution in [1.82, 2.24) is 0 Å². The van der Waals surface area contributed by atoms with Crippen LogP contribution >= 0.6 is 0 Å². The molecule has 0 aromatic heterocycles. The van der Waals surface area contributed by atoms with Gasteiger partial charge in [0.05, 0.1) is 5.56 Å². The minimum Gasteiger partial charge on any atom is -0.368 e. The van der Waals surface area contributed by atoms with Gasteiger partial charge in [0.1, 0.15) is 17.2 Å². The molecule has 3 N–H and O–H groups in total. The minimum absolute atomic E-state index is 0.391. The van der Waals surface area contributed by atoms with E-state index in [1.807, 2.05) is 19.1 Å². The predicted molar refractivity (Wildman–Crippen MR) is 77.7 cm³/mol. The topological polar surface area (TPSA) is 55.1 Å².